The summed E-state index contributed by atoms with van der Waals surface area (Å²) in [6.07, 6.45) is 2.40. The number of halogens is 1. The lowest BCUT2D eigenvalue weighted by molar-refractivity contribution is 0.484. The molecular formula is C18H20BrNS. The van der Waals surface area contributed by atoms with Crippen LogP contribution in [0.3, 0.4) is 0 Å². The molecule has 2 unspecified atom stereocenters. The van der Waals surface area contributed by atoms with E-state index < -0.39 is 0 Å². The summed E-state index contributed by atoms with van der Waals surface area (Å²) in [5.74, 6) is 0. The second kappa shape index (κ2) is 6.99. The van der Waals surface area contributed by atoms with E-state index in [4.69, 9.17) is 0 Å². The molecule has 0 fully saturated rings. The molecule has 2 aromatic rings. The number of rotatable bonds is 4. The van der Waals surface area contributed by atoms with Gasteiger partial charge in [-0.15, -0.1) is 11.8 Å². The number of thioether (sulfide) groups is 1. The summed E-state index contributed by atoms with van der Waals surface area (Å²) in [5, 5.41) is 4.28. The molecule has 1 nitrogen and oxygen atoms in total. The summed E-state index contributed by atoms with van der Waals surface area (Å²) < 4.78 is 1.20. The third kappa shape index (κ3) is 3.36. The van der Waals surface area contributed by atoms with Gasteiger partial charge in [-0.05, 0) is 58.6 Å². The van der Waals surface area contributed by atoms with Crippen LogP contribution in [0.25, 0.3) is 0 Å². The van der Waals surface area contributed by atoms with Crippen LogP contribution in [0, 0.1) is 0 Å². The van der Waals surface area contributed by atoms with E-state index in [9.17, 15) is 0 Å². The van der Waals surface area contributed by atoms with Crippen LogP contribution in [0.1, 0.15) is 30.5 Å². The Morgan fingerprint density at radius 2 is 1.90 bits per heavy atom. The van der Waals surface area contributed by atoms with Gasteiger partial charge in [-0.3, -0.25) is 0 Å². The molecule has 0 spiro atoms. The van der Waals surface area contributed by atoms with Crippen molar-refractivity contribution in [2.75, 3.05) is 6.54 Å². The van der Waals surface area contributed by atoms with Crippen LogP contribution >= 0.6 is 27.7 Å². The summed E-state index contributed by atoms with van der Waals surface area (Å²) in [5.41, 5.74) is 2.99. The topological polar surface area (TPSA) is 12.0 Å². The molecule has 21 heavy (non-hydrogen) atoms. The fourth-order valence-electron chi connectivity index (χ4n) is 3.02. The van der Waals surface area contributed by atoms with E-state index in [1.54, 1.807) is 0 Å². The first kappa shape index (κ1) is 15.1. The SMILES string of the molecule is CCNC1c2ccccc2CCC1Sc1ccccc1Br. The Morgan fingerprint density at radius 1 is 1.14 bits per heavy atom. The van der Waals surface area contributed by atoms with E-state index in [0.717, 1.165) is 6.54 Å². The van der Waals surface area contributed by atoms with Crippen LogP contribution in [0.5, 0.6) is 0 Å². The normalized spacial score (nSPS) is 21.0. The average molecular weight is 362 g/mol. The van der Waals surface area contributed by atoms with Crippen molar-refractivity contribution in [1.82, 2.24) is 5.32 Å². The molecule has 0 aromatic heterocycles. The lowest BCUT2D eigenvalue weighted by Crippen LogP contribution is -2.34. The summed E-state index contributed by atoms with van der Waals surface area (Å²) in [4.78, 5) is 1.34. The Morgan fingerprint density at radius 3 is 2.71 bits per heavy atom. The monoisotopic (exact) mass is 361 g/mol. The minimum Gasteiger partial charge on any atom is -0.309 e. The molecule has 0 heterocycles. The van der Waals surface area contributed by atoms with Crippen molar-refractivity contribution in [2.24, 2.45) is 0 Å². The summed E-state index contributed by atoms with van der Waals surface area (Å²) in [6.45, 7) is 3.20. The summed E-state index contributed by atoms with van der Waals surface area (Å²) in [6, 6.07) is 17.8. The van der Waals surface area contributed by atoms with Crippen LogP contribution in [-0.2, 0) is 6.42 Å². The van der Waals surface area contributed by atoms with Gasteiger partial charge in [0.1, 0.15) is 0 Å². The smallest absolute Gasteiger partial charge is 0.0446 e. The highest BCUT2D eigenvalue weighted by molar-refractivity contribution is 9.10. The number of aryl methyl sites for hydroxylation is 1. The van der Waals surface area contributed by atoms with Crippen LogP contribution < -0.4 is 5.32 Å². The van der Waals surface area contributed by atoms with E-state index in [1.165, 1.54) is 33.3 Å². The molecule has 110 valence electrons. The maximum atomic E-state index is 3.69. The first-order valence-corrected chi connectivity index (χ1v) is 9.19. The molecule has 3 rings (SSSR count). The quantitative estimate of drug-likeness (QED) is 0.802. The van der Waals surface area contributed by atoms with Crippen molar-refractivity contribution < 1.29 is 0 Å². The molecule has 3 heteroatoms. The van der Waals surface area contributed by atoms with Crippen LogP contribution in [0.15, 0.2) is 57.9 Å². The molecule has 1 N–H and O–H groups in total. The van der Waals surface area contributed by atoms with Gasteiger partial charge in [0, 0.05) is 20.7 Å². The van der Waals surface area contributed by atoms with Crippen molar-refractivity contribution >= 4 is 27.7 Å². The van der Waals surface area contributed by atoms with Gasteiger partial charge >= 0.3 is 0 Å². The average Bonchev–Trinajstić information content (AvgIpc) is 2.52. The molecule has 1 aliphatic carbocycles. The van der Waals surface area contributed by atoms with Crippen molar-refractivity contribution in [2.45, 2.75) is 36.0 Å². The van der Waals surface area contributed by atoms with Crippen LogP contribution in [0.4, 0.5) is 0 Å². The molecule has 0 radical (unpaired) electrons. The maximum absolute atomic E-state index is 3.69. The predicted octanol–water partition coefficient (Wildman–Crippen LogP) is 5.21. The molecule has 0 amide bonds. The highest BCUT2D eigenvalue weighted by Crippen LogP contribution is 2.41. The van der Waals surface area contributed by atoms with E-state index in [1.807, 2.05) is 11.8 Å². The number of hydrogen-bond acceptors (Lipinski definition) is 2. The molecule has 2 aromatic carbocycles. The van der Waals surface area contributed by atoms with Gasteiger partial charge in [0.05, 0.1) is 0 Å². The first-order valence-electron chi connectivity index (χ1n) is 7.52. The predicted molar refractivity (Wildman–Crippen MR) is 95.0 cm³/mol. The number of hydrogen-bond donors (Lipinski definition) is 1. The maximum Gasteiger partial charge on any atom is 0.0446 e. The lowest BCUT2D eigenvalue weighted by atomic mass is 9.87. The molecule has 2 atom stereocenters. The van der Waals surface area contributed by atoms with Gasteiger partial charge in [0.2, 0.25) is 0 Å². The van der Waals surface area contributed by atoms with Gasteiger partial charge in [0.15, 0.2) is 0 Å². The number of benzene rings is 2. The summed E-state index contributed by atoms with van der Waals surface area (Å²) in [7, 11) is 0. The van der Waals surface area contributed by atoms with Crippen LogP contribution in [-0.4, -0.2) is 11.8 Å². The zero-order chi connectivity index (χ0) is 14.7. The van der Waals surface area contributed by atoms with E-state index >= 15 is 0 Å². The summed E-state index contributed by atoms with van der Waals surface area (Å²) >= 11 is 5.67. The molecule has 0 aliphatic heterocycles. The van der Waals surface area contributed by atoms with E-state index in [2.05, 4.69) is 76.7 Å². The lowest BCUT2D eigenvalue weighted by Gasteiger charge is -2.34. The van der Waals surface area contributed by atoms with Crippen molar-refractivity contribution in [1.29, 1.82) is 0 Å². The van der Waals surface area contributed by atoms with E-state index in [0.29, 0.717) is 11.3 Å². The van der Waals surface area contributed by atoms with Crippen molar-refractivity contribution in [3.63, 3.8) is 0 Å². The number of fused-ring (bicyclic) bond motifs is 1. The second-order valence-electron chi connectivity index (χ2n) is 5.36. The third-order valence-electron chi connectivity index (χ3n) is 4.00. The zero-order valence-electron chi connectivity index (χ0n) is 12.2. The second-order valence-corrected chi connectivity index (χ2v) is 7.49. The number of nitrogens with one attached hydrogen (secondary N) is 1. The van der Waals surface area contributed by atoms with E-state index in [-0.39, 0.29) is 0 Å². The van der Waals surface area contributed by atoms with Gasteiger partial charge in [-0.1, -0.05) is 43.3 Å². The molecule has 0 saturated heterocycles. The third-order valence-corrected chi connectivity index (χ3v) is 6.37. The molecule has 1 aliphatic rings. The molecule has 0 bridgehead atoms. The van der Waals surface area contributed by atoms with Crippen molar-refractivity contribution in [3.8, 4) is 0 Å². The standard InChI is InChI=1S/C18H20BrNS/c1-2-20-18-14-8-4-3-7-13(14)11-12-17(18)21-16-10-6-5-9-15(16)19/h3-10,17-18,20H,2,11-12H2,1H3. The highest BCUT2D eigenvalue weighted by atomic mass is 79.9. The minimum atomic E-state index is 0.442. The fourth-order valence-corrected chi connectivity index (χ4v) is 4.87. The van der Waals surface area contributed by atoms with Gasteiger partial charge in [-0.2, -0.15) is 0 Å². The highest BCUT2D eigenvalue weighted by Gasteiger charge is 2.29. The Bertz CT molecular complexity index is 614. The Kier molecular flexibility index (Phi) is 5.04. The van der Waals surface area contributed by atoms with Crippen molar-refractivity contribution in [3.05, 3.63) is 64.1 Å². The van der Waals surface area contributed by atoms with Gasteiger partial charge in [0.25, 0.3) is 0 Å². The minimum absolute atomic E-state index is 0.442. The fraction of sp³-hybridized carbons (Fsp3) is 0.333. The van der Waals surface area contributed by atoms with Crippen LogP contribution in [0.2, 0.25) is 0 Å². The van der Waals surface area contributed by atoms with Gasteiger partial charge in [-0.25, -0.2) is 0 Å². The molecular weight excluding hydrogens is 342 g/mol. The Labute approximate surface area is 139 Å². The first-order chi connectivity index (χ1) is 10.3. The Balaban J connectivity index is 1.87. The van der Waals surface area contributed by atoms with Gasteiger partial charge < -0.3 is 5.32 Å². The largest absolute Gasteiger partial charge is 0.309 e. The molecule has 0 saturated carbocycles. The Hall–Kier alpha value is -0.770. The zero-order valence-corrected chi connectivity index (χ0v) is 14.6.